The van der Waals surface area contributed by atoms with Gasteiger partial charge in [-0.25, -0.2) is 4.98 Å². The van der Waals surface area contributed by atoms with Crippen molar-refractivity contribution in [3.05, 3.63) is 52.4 Å². The van der Waals surface area contributed by atoms with Crippen LogP contribution in [-0.4, -0.2) is 19.7 Å². The molecule has 3 aromatic heterocycles. The van der Waals surface area contributed by atoms with E-state index in [1.165, 1.54) is 0 Å². The van der Waals surface area contributed by atoms with Crippen molar-refractivity contribution in [3.63, 3.8) is 0 Å². The molecule has 126 valence electrons. The van der Waals surface area contributed by atoms with Crippen molar-refractivity contribution in [2.24, 2.45) is 7.05 Å². The lowest BCUT2D eigenvalue weighted by Crippen LogP contribution is -1.93. The van der Waals surface area contributed by atoms with Crippen LogP contribution in [0.15, 0.2) is 35.4 Å². The van der Waals surface area contributed by atoms with Crippen molar-refractivity contribution in [1.82, 2.24) is 19.7 Å². The van der Waals surface area contributed by atoms with Crippen LogP contribution in [0.25, 0.3) is 33.3 Å². The van der Waals surface area contributed by atoms with Crippen molar-refractivity contribution in [2.45, 2.75) is 13.8 Å². The van der Waals surface area contributed by atoms with E-state index in [1.807, 2.05) is 37.6 Å². The average Bonchev–Trinajstić information content (AvgIpc) is 3.10. The number of aromatic nitrogens is 4. The van der Waals surface area contributed by atoms with Gasteiger partial charge in [0.05, 0.1) is 33.1 Å². The van der Waals surface area contributed by atoms with Gasteiger partial charge in [0.25, 0.3) is 0 Å². The van der Waals surface area contributed by atoms with E-state index in [4.69, 9.17) is 27.7 Å². The smallest absolute Gasteiger partial charge is 0.141 e. The summed E-state index contributed by atoms with van der Waals surface area (Å²) < 4.78 is 7.28. The second-order valence-corrected chi connectivity index (χ2v) is 6.74. The molecule has 0 bridgehead atoms. The number of pyridine rings is 1. The zero-order valence-electron chi connectivity index (χ0n) is 13.8. The van der Waals surface area contributed by atoms with Gasteiger partial charge < -0.3 is 9.09 Å². The molecule has 0 saturated heterocycles. The standard InChI is InChI=1S/C18H14Cl2N4O/c1-9-16(10(2)25-23-9)11-4-12(17-13(19)6-21-7-14(17)20)18-15(5-11)22-8-24(18)3/h4-8H,1-3H3. The van der Waals surface area contributed by atoms with Crippen molar-refractivity contribution in [2.75, 3.05) is 0 Å². The van der Waals surface area contributed by atoms with Crippen LogP contribution in [0.1, 0.15) is 11.5 Å². The second-order valence-electron chi connectivity index (χ2n) is 5.92. The van der Waals surface area contributed by atoms with Crippen molar-refractivity contribution in [1.29, 1.82) is 0 Å². The number of halogens is 2. The van der Waals surface area contributed by atoms with Crippen LogP contribution in [-0.2, 0) is 7.05 Å². The van der Waals surface area contributed by atoms with Gasteiger partial charge in [-0.2, -0.15) is 0 Å². The maximum absolute atomic E-state index is 6.42. The van der Waals surface area contributed by atoms with Gasteiger partial charge in [0, 0.05) is 36.1 Å². The van der Waals surface area contributed by atoms with E-state index in [9.17, 15) is 0 Å². The van der Waals surface area contributed by atoms with Gasteiger partial charge in [-0.05, 0) is 31.5 Å². The predicted molar refractivity (Wildman–Crippen MR) is 98.9 cm³/mol. The highest BCUT2D eigenvalue weighted by molar-refractivity contribution is 6.39. The first kappa shape index (κ1) is 16.1. The molecule has 4 aromatic rings. The summed E-state index contributed by atoms with van der Waals surface area (Å²) >= 11 is 12.8. The summed E-state index contributed by atoms with van der Waals surface area (Å²) in [7, 11) is 1.94. The molecule has 0 spiro atoms. The van der Waals surface area contributed by atoms with Gasteiger partial charge >= 0.3 is 0 Å². The summed E-state index contributed by atoms with van der Waals surface area (Å²) in [6.45, 7) is 3.81. The Morgan fingerprint density at radius 3 is 2.40 bits per heavy atom. The van der Waals surface area contributed by atoms with Crippen LogP contribution in [0.4, 0.5) is 0 Å². The zero-order valence-corrected chi connectivity index (χ0v) is 15.4. The Balaban J connectivity index is 2.11. The molecule has 0 aliphatic carbocycles. The van der Waals surface area contributed by atoms with Crippen LogP contribution in [0.2, 0.25) is 10.0 Å². The van der Waals surface area contributed by atoms with Crippen molar-refractivity contribution >= 4 is 34.2 Å². The highest BCUT2D eigenvalue weighted by Gasteiger charge is 2.19. The quantitative estimate of drug-likeness (QED) is 0.484. The Morgan fingerprint density at radius 2 is 1.76 bits per heavy atom. The third-order valence-corrected chi connectivity index (χ3v) is 4.83. The van der Waals surface area contributed by atoms with E-state index in [-0.39, 0.29) is 0 Å². The SMILES string of the molecule is Cc1noc(C)c1-c1cc(-c2c(Cl)cncc2Cl)c2c(c1)ncn2C. The summed E-state index contributed by atoms with van der Waals surface area (Å²) in [4.78, 5) is 8.55. The largest absolute Gasteiger partial charge is 0.361 e. The van der Waals surface area contributed by atoms with Crippen LogP contribution < -0.4 is 0 Å². The molecule has 25 heavy (non-hydrogen) atoms. The van der Waals surface area contributed by atoms with Gasteiger partial charge in [-0.1, -0.05) is 28.4 Å². The second kappa shape index (κ2) is 5.86. The maximum atomic E-state index is 6.42. The number of benzene rings is 1. The molecule has 0 unspecified atom stereocenters. The fraction of sp³-hybridized carbons (Fsp3) is 0.167. The van der Waals surface area contributed by atoms with Crippen LogP contribution in [0, 0.1) is 13.8 Å². The van der Waals surface area contributed by atoms with Crippen LogP contribution >= 0.6 is 23.2 Å². The van der Waals surface area contributed by atoms with Gasteiger partial charge in [-0.3, -0.25) is 4.98 Å². The molecule has 0 fully saturated rings. The molecular formula is C18H14Cl2N4O. The minimum atomic E-state index is 0.492. The first-order valence-electron chi connectivity index (χ1n) is 7.65. The van der Waals surface area contributed by atoms with E-state index >= 15 is 0 Å². The fourth-order valence-electron chi connectivity index (χ4n) is 3.19. The van der Waals surface area contributed by atoms with Gasteiger partial charge in [0.2, 0.25) is 0 Å². The monoisotopic (exact) mass is 372 g/mol. The molecule has 0 N–H and O–H groups in total. The minimum Gasteiger partial charge on any atom is -0.361 e. The summed E-state index contributed by atoms with van der Waals surface area (Å²) in [5.41, 5.74) is 6.16. The van der Waals surface area contributed by atoms with Crippen molar-refractivity contribution < 1.29 is 4.52 Å². The summed E-state index contributed by atoms with van der Waals surface area (Å²) in [5.74, 6) is 0.755. The lowest BCUT2D eigenvalue weighted by atomic mass is 9.97. The molecule has 0 radical (unpaired) electrons. The first-order chi connectivity index (χ1) is 12.0. The topological polar surface area (TPSA) is 56.7 Å². The molecule has 3 heterocycles. The molecule has 4 rings (SSSR count). The molecule has 0 saturated carbocycles. The third kappa shape index (κ3) is 2.51. The highest BCUT2D eigenvalue weighted by Crippen LogP contribution is 2.41. The lowest BCUT2D eigenvalue weighted by Gasteiger charge is -2.12. The van der Waals surface area contributed by atoms with E-state index < -0.39 is 0 Å². The number of aryl methyl sites for hydroxylation is 3. The number of imidazole rings is 1. The number of hydrogen-bond donors (Lipinski definition) is 0. The van der Waals surface area contributed by atoms with E-state index in [2.05, 4.69) is 15.1 Å². The van der Waals surface area contributed by atoms with E-state index in [0.29, 0.717) is 10.0 Å². The Bertz CT molecular complexity index is 1070. The molecule has 0 aliphatic rings. The maximum Gasteiger partial charge on any atom is 0.141 e. The fourth-order valence-corrected chi connectivity index (χ4v) is 3.76. The van der Waals surface area contributed by atoms with Crippen LogP contribution in [0.5, 0.6) is 0 Å². The first-order valence-corrected chi connectivity index (χ1v) is 8.40. The Kier molecular flexibility index (Phi) is 3.78. The van der Waals surface area contributed by atoms with Crippen molar-refractivity contribution in [3.8, 4) is 22.3 Å². The normalized spacial score (nSPS) is 11.4. The van der Waals surface area contributed by atoms with Gasteiger partial charge in [0.1, 0.15) is 5.76 Å². The molecule has 1 aromatic carbocycles. The molecule has 5 nitrogen and oxygen atoms in total. The predicted octanol–water partition coefficient (Wildman–Crippen LogP) is 5.21. The number of fused-ring (bicyclic) bond motifs is 1. The molecule has 0 aliphatic heterocycles. The lowest BCUT2D eigenvalue weighted by molar-refractivity contribution is 0.393. The highest BCUT2D eigenvalue weighted by atomic mass is 35.5. The zero-order chi connectivity index (χ0) is 17.7. The summed E-state index contributed by atoms with van der Waals surface area (Å²) in [6.07, 6.45) is 4.95. The minimum absolute atomic E-state index is 0.492. The molecule has 0 amide bonds. The van der Waals surface area contributed by atoms with Crippen LogP contribution in [0.3, 0.4) is 0 Å². The number of nitrogens with zero attached hydrogens (tertiary/aromatic N) is 4. The average molecular weight is 373 g/mol. The summed E-state index contributed by atoms with van der Waals surface area (Å²) in [6, 6.07) is 4.07. The number of hydrogen-bond acceptors (Lipinski definition) is 4. The molecular weight excluding hydrogens is 359 g/mol. The Hall–Kier alpha value is -2.37. The molecule has 0 atom stereocenters. The van der Waals surface area contributed by atoms with Gasteiger partial charge in [-0.15, -0.1) is 0 Å². The van der Waals surface area contributed by atoms with E-state index in [1.54, 1.807) is 18.7 Å². The Labute approximate surface area is 154 Å². The summed E-state index contributed by atoms with van der Waals surface area (Å²) in [5, 5.41) is 5.04. The van der Waals surface area contributed by atoms with E-state index in [0.717, 1.165) is 44.7 Å². The Morgan fingerprint density at radius 1 is 1.04 bits per heavy atom. The molecule has 7 heteroatoms. The number of rotatable bonds is 2. The van der Waals surface area contributed by atoms with Gasteiger partial charge in [0.15, 0.2) is 0 Å². The third-order valence-electron chi connectivity index (χ3n) is 4.26.